The van der Waals surface area contributed by atoms with Gasteiger partial charge in [0.05, 0.1) is 6.42 Å². The summed E-state index contributed by atoms with van der Waals surface area (Å²) >= 11 is 1.11. The molecule has 94 valence electrons. The molecular weight excluding hydrogens is 246 g/mol. The van der Waals surface area contributed by atoms with Crippen LogP contribution in [-0.4, -0.2) is 17.3 Å². The standard InChI is InChI=1S/C12H14F2O2S/c1-12(2,6-11(15)16)7-4-9(14)10(17-3)5-8(7)13/h4-5H,6H2,1-3H3,(H,15,16). The molecule has 0 aliphatic heterocycles. The van der Waals surface area contributed by atoms with Crippen LogP contribution in [0.2, 0.25) is 0 Å². The highest BCUT2D eigenvalue weighted by Crippen LogP contribution is 2.32. The molecule has 1 rings (SSSR count). The van der Waals surface area contributed by atoms with Crippen LogP contribution in [0.5, 0.6) is 0 Å². The summed E-state index contributed by atoms with van der Waals surface area (Å²) in [6.07, 6.45) is 1.40. The third-order valence-corrected chi connectivity index (χ3v) is 3.32. The second-order valence-electron chi connectivity index (χ2n) is 4.42. The molecule has 2 nitrogen and oxygen atoms in total. The zero-order valence-corrected chi connectivity index (χ0v) is 10.7. The van der Waals surface area contributed by atoms with Gasteiger partial charge in [-0.3, -0.25) is 4.79 Å². The topological polar surface area (TPSA) is 37.3 Å². The molecule has 0 aliphatic rings. The molecule has 0 fully saturated rings. The number of aliphatic carboxylic acids is 1. The lowest BCUT2D eigenvalue weighted by molar-refractivity contribution is -0.138. The fourth-order valence-corrected chi connectivity index (χ4v) is 2.15. The number of benzene rings is 1. The van der Waals surface area contributed by atoms with Crippen molar-refractivity contribution < 1.29 is 18.7 Å². The van der Waals surface area contributed by atoms with E-state index in [1.165, 1.54) is 0 Å². The van der Waals surface area contributed by atoms with Crippen molar-refractivity contribution in [3.63, 3.8) is 0 Å². The van der Waals surface area contributed by atoms with E-state index in [0.717, 1.165) is 23.9 Å². The Morgan fingerprint density at radius 3 is 2.41 bits per heavy atom. The molecule has 0 aromatic heterocycles. The summed E-state index contributed by atoms with van der Waals surface area (Å²) in [4.78, 5) is 10.9. The SMILES string of the molecule is CSc1cc(F)c(C(C)(C)CC(=O)O)cc1F. The van der Waals surface area contributed by atoms with Crippen LogP contribution in [0.4, 0.5) is 8.78 Å². The van der Waals surface area contributed by atoms with Crippen molar-refractivity contribution in [2.24, 2.45) is 0 Å². The Morgan fingerprint density at radius 1 is 1.35 bits per heavy atom. The summed E-state index contributed by atoms with van der Waals surface area (Å²) < 4.78 is 27.4. The van der Waals surface area contributed by atoms with Gasteiger partial charge in [0.25, 0.3) is 0 Å². The fraction of sp³-hybridized carbons (Fsp3) is 0.417. The van der Waals surface area contributed by atoms with E-state index in [9.17, 15) is 13.6 Å². The summed E-state index contributed by atoms with van der Waals surface area (Å²) in [5.41, 5.74) is -0.844. The number of halogens is 2. The monoisotopic (exact) mass is 260 g/mol. The number of carbonyl (C=O) groups is 1. The summed E-state index contributed by atoms with van der Waals surface area (Å²) in [5, 5.41) is 8.75. The first-order valence-corrected chi connectivity index (χ1v) is 6.25. The van der Waals surface area contributed by atoms with E-state index in [4.69, 9.17) is 5.11 Å². The van der Waals surface area contributed by atoms with Crippen molar-refractivity contribution in [1.82, 2.24) is 0 Å². The number of carboxylic acids is 1. The minimum atomic E-state index is -1.04. The number of hydrogen-bond donors (Lipinski definition) is 1. The Morgan fingerprint density at radius 2 is 1.94 bits per heavy atom. The maximum atomic E-state index is 13.8. The van der Waals surface area contributed by atoms with Gasteiger partial charge in [0, 0.05) is 10.3 Å². The molecule has 0 atom stereocenters. The summed E-state index contributed by atoms with van der Waals surface area (Å²) in [7, 11) is 0. The third-order valence-electron chi connectivity index (χ3n) is 2.56. The van der Waals surface area contributed by atoms with E-state index < -0.39 is 23.0 Å². The van der Waals surface area contributed by atoms with Crippen LogP contribution in [0.15, 0.2) is 17.0 Å². The Kier molecular flexibility index (Phi) is 4.14. The molecule has 0 radical (unpaired) electrons. The third kappa shape index (κ3) is 3.19. The average Bonchev–Trinajstić information content (AvgIpc) is 2.18. The first-order valence-electron chi connectivity index (χ1n) is 5.03. The molecule has 0 saturated carbocycles. The maximum absolute atomic E-state index is 13.8. The molecular formula is C12H14F2O2S. The molecule has 1 N–H and O–H groups in total. The molecule has 0 heterocycles. The van der Waals surface area contributed by atoms with Crippen LogP contribution >= 0.6 is 11.8 Å². The average molecular weight is 260 g/mol. The zero-order valence-electron chi connectivity index (χ0n) is 9.88. The van der Waals surface area contributed by atoms with E-state index >= 15 is 0 Å². The van der Waals surface area contributed by atoms with Crippen LogP contribution < -0.4 is 0 Å². The summed E-state index contributed by atoms with van der Waals surface area (Å²) in [6.45, 7) is 3.16. The van der Waals surface area contributed by atoms with E-state index in [1.807, 2.05) is 0 Å². The molecule has 0 aliphatic carbocycles. The van der Waals surface area contributed by atoms with E-state index in [0.29, 0.717) is 0 Å². The van der Waals surface area contributed by atoms with Gasteiger partial charge >= 0.3 is 5.97 Å². The lowest BCUT2D eigenvalue weighted by Gasteiger charge is -2.24. The smallest absolute Gasteiger partial charge is 0.304 e. The summed E-state index contributed by atoms with van der Waals surface area (Å²) in [6, 6.07) is 2.20. The lowest BCUT2D eigenvalue weighted by atomic mass is 9.81. The van der Waals surface area contributed by atoms with Gasteiger partial charge in [-0.15, -0.1) is 11.8 Å². The van der Waals surface area contributed by atoms with Gasteiger partial charge in [-0.25, -0.2) is 8.78 Å². The van der Waals surface area contributed by atoms with Gasteiger partial charge in [0.15, 0.2) is 0 Å². The van der Waals surface area contributed by atoms with Gasteiger partial charge in [0.2, 0.25) is 0 Å². The second-order valence-corrected chi connectivity index (χ2v) is 5.27. The van der Waals surface area contributed by atoms with Crippen LogP contribution in [0.3, 0.4) is 0 Å². The van der Waals surface area contributed by atoms with Crippen LogP contribution in [0.25, 0.3) is 0 Å². The molecule has 0 saturated heterocycles. The fourth-order valence-electron chi connectivity index (χ4n) is 1.68. The zero-order chi connectivity index (χ0) is 13.2. The Bertz CT molecular complexity index is 444. The highest BCUT2D eigenvalue weighted by atomic mass is 32.2. The van der Waals surface area contributed by atoms with Crippen molar-refractivity contribution in [2.45, 2.75) is 30.6 Å². The molecule has 0 spiro atoms. The van der Waals surface area contributed by atoms with Gasteiger partial charge in [0.1, 0.15) is 11.6 Å². The Balaban J connectivity index is 3.22. The van der Waals surface area contributed by atoms with Gasteiger partial charge < -0.3 is 5.11 Å². The molecule has 0 unspecified atom stereocenters. The van der Waals surface area contributed by atoms with Crippen molar-refractivity contribution in [3.05, 3.63) is 29.3 Å². The number of carboxylic acid groups (broad SMARTS) is 1. The normalized spacial score (nSPS) is 11.6. The molecule has 17 heavy (non-hydrogen) atoms. The highest BCUT2D eigenvalue weighted by Gasteiger charge is 2.28. The van der Waals surface area contributed by atoms with Crippen LogP contribution in [0, 0.1) is 11.6 Å². The Hall–Kier alpha value is -1.10. The van der Waals surface area contributed by atoms with E-state index in [-0.39, 0.29) is 16.9 Å². The molecule has 0 amide bonds. The minimum absolute atomic E-state index is 0.0928. The van der Waals surface area contributed by atoms with Crippen LogP contribution in [-0.2, 0) is 10.2 Å². The predicted octanol–water partition coefficient (Wildman–Crippen LogP) is 3.44. The van der Waals surface area contributed by atoms with Gasteiger partial charge in [-0.2, -0.15) is 0 Å². The number of thioether (sulfide) groups is 1. The van der Waals surface area contributed by atoms with Gasteiger partial charge in [-0.05, 0) is 24.0 Å². The number of rotatable bonds is 4. The first kappa shape index (κ1) is 14.0. The lowest BCUT2D eigenvalue weighted by Crippen LogP contribution is -2.23. The van der Waals surface area contributed by atoms with E-state index in [1.54, 1.807) is 20.1 Å². The molecule has 1 aromatic carbocycles. The highest BCUT2D eigenvalue weighted by molar-refractivity contribution is 7.98. The quantitative estimate of drug-likeness (QED) is 0.843. The van der Waals surface area contributed by atoms with E-state index in [2.05, 4.69) is 0 Å². The van der Waals surface area contributed by atoms with Crippen molar-refractivity contribution >= 4 is 17.7 Å². The largest absolute Gasteiger partial charge is 0.481 e. The number of hydrogen-bond acceptors (Lipinski definition) is 2. The maximum Gasteiger partial charge on any atom is 0.304 e. The predicted molar refractivity (Wildman–Crippen MR) is 63.4 cm³/mol. The van der Waals surface area contributed by atoms with Crippen LogP contribution in [0.1, 0.15) is 25.8 Å². The molecule has 5 heteroatoms. The van der Waals surface area contributed by atoms with Crippen molar-refractivity contribution in [1.29, 1.82) is 0 Å². The van der Waals surface area contributed by atoms with Gasteiger partial charge in [-0.1, -0.05) is 13.8 Å². The molecule has 1 aromatic rings. The molecule has 0 bridgehead atoms. The van der Waals surface area contributed by atoms with Crippen molar-refractivity contribution in [2.75, 3.05) is 6.26 Å². The van der Waals surface area contributed by atoms with Crippen molar-refractivity contribution in [3.8, 4) is 0 Å². The second kappa shape index (κ2) is 5.04. The minimum Gasteiger partial charge on any atom is -0.481 e. The summed E-state index contributed by atoms with van der Waals surface area (Å²) in [5.74, 6) is -2.13. The Labute approximate surface area is 103 Å². The first-order chi connectivity index (χ1) is 7.77.